The molecule has 0 radical (unpaired) electrons. The molecule has 0 atom stereocenters. The van der Waals surface area contributed by atoms with E-state index in [1.165, 1.54) is 11.1 Å². The smallest absolute Gasteiger partial charge is 0.227 e. The average molecular weight is 232 g/mol. The molecule has 17 heavy (non-hydrogen) atoms. The van der Waals surface area contributed by atoms with E-state index in [0.29, 0.717) is 0 Å². The highest BCUT2D eigenvalue weighted by molar-refractivity contribution is 5.94. The molecule has 0 bridgehead atoms. The van der Waals surface area contributed by atoms with Crippen molar-refractivity contribution in [2.75, 3.05) is 5.32 Å². The van der Waals surface area contributed by atoms with Gasteiger partial charge in [0.2, 0.25) is 5.91 Å². The van der Waals surface area contributed by atoms with Crippen molar-refractivity contribution in [2.45, 2.75) is 39.7 Å². The molecule has 92 valence electrons. The standard InChI is InChI=1S/C14H20N2O/c1-8-4-10(3)13(5-9(8)2)16-14(17)11-6-12(15)7-11/h4-5,11-12H,6-7,15H2,1-3H3,(H,16,17). The second-order valence-electron chi connectivity index (χ2n) is 5.17. The maximum atomic E-state index is 11.9. The molecule has 3 heteroatoms. The van der Waals surface area contributed by atoms with Crippen LogP contribution in [-0.2, 0) is 4.79 Å². The summed E-state index contributed by atoms with van der Waals surface area (Å²) in [6.07, 6.45) is 1.63. The first kappa shape index (κ1) is 12.1. The number of amides is 1. The number of benzene rings is 1. The van der Waals surface area contributed by atoms with E-state index in [9.17, 15) is 4.79 Å². The predicted molar refractivity (Wildman–Crippen MR) is 70.0 cm³/mol. The summed E-state index contributed by atoms with van der Waals surface area (Å²) in [5.41, 5.74) is 10.2. The molecule has 3 N–H and O–H groups in total. The molecular weight excluding hydrogens is 212 g/mol. The van der Waals surface area contributed by atoms with Crippen molar-refractivity contribution >= 4 is 11.6 Å². The fraction of sp³-hybridized carbons (Fsp3) is 0.500. The normalized spacial score (nSPS) is 23.1. The van der Waals surface area contributed by atoms with Crippen LogP contribution in [0.4, 0.5) is 5.69 Å². The van der Waals surface area contributed by atoms with Gasteiger partial charge in [-0.3, -0.25) is 4.79 Å². The molecule has 3 nitrogen and oxygen atoms in total. The molecule has 1 aliphatic carbocycles. The van der Waals surface area contributed by atoms with E-state index in [1.807, 2.05) is 13.0 Å². The van der Waals surface area contributed by atoms with Gasteiger partial charge < -0.3 is 11.1 Å². The first-order valence-corrected chi connectivity index (χ1v) is 6.11. The summed E-state index contributed by atoms with van der Waals surface area (Å²) in [7, 11) is 0. The quantitative estimate of drug-likeness (QED) is 0.822. The molecule has 0 unspecified atom stereocenters. The van der Waals surface area contributed by atoms with Gasteiger partial charge >= 0.3 is 0 Å². The summed E-state index contributed by atoms with van der Waals surface area (Å²) in [6.45, 7) is 6.16. The molecular formula is C14H20N2O. The maximum absolute atomic E-state index is 11.9. The Hall–Kier alpha value is -1.35. The fourth-order valence-corrected chi connectivity index (χ4v) is 2.21. The summed E-state index contributed by atoms with van der Waals surface area (Å²) in [6, 6.07) is 4.37. The van der Waals surface area contributed by atoms with E-state index < -0.39 is 0 Å². The second kappa shape index (κ2) is 4.49. The lowest BCUT2D eigenvalue weighted by atomic mass is 9.80. The number of anilines is 1. The minimum Gasteiger partial charge on any atom is -0.328 e. The van der Waals surface area contributed by atoms with E-state index in [0.717, 1.165) is 24.1 Å². The summed E-state index contributed by atoms with van der Waals surface area (Å²) in [5, 5.41) is 3.01. The molecule has 0 aromatic heterocycles. The van der Waals surface area contributed by atoms with Crippen molar-refractivity contribution < 1.29 is 4.79 Å². The van der Waals surface area contributed by atoms with Gasteiger partial charge in [-0.2, -0.15) is 0 Å². The van der Waals surface area contributed by atoms with Crippen LogP contribution in [0.3, 0.4) is 0 Å². The summed E-state index contributed by atoms with van der Waals surface area (Å²) >= 11 is 0. The van der Waals surface area contributed by atoms with Crippen LogP contribution in [0.5, 0.6) is 0 Å². The van der Waals surface area contributed by atoms with Crippen LogP contribution < -0.4 is 11.1 Å². The predicted octanol–water partition coefficient (Wildman–Crippen LogP) is 2.29. The largest absolute Gasteiger partial charge is 0.328 e. The molecule has 0 spiro atoms. The van der Waals surface area contributed by atoms with Gasteiger partial charge in [0.25, 0.3) is 0 Å². The van der Waals surface area contributed by atoms with E-state index >= 15 is 0 Å². The zero-order valence-electron chi connectivity index (χ0n) is 10.7. The highest BCUT2D eigenvalue weighted by Crippen LogP contribution is 2.28. The highest BCUT2D eigenvalue weighted by atomic mass is 16.1. The van der Waals surface area contributed by atoms with Crippen LogP contribution in [0, 0.1) is 26.7 Å². The molecule has 1 aliphatic rings. The minimum absolute atomic E-state index is 0.103. The second-order valence-corrected chi connectivity index (χ2v) is 5.17. The maximum Gasteiger partial charge on any atom is 0.227 e. The molecule has 1 saturated carbocycles. The van der Waals surface area contributed by atoms with Gasteiger partial charge in [0.1, 0.15) is 0 Å². The van der Waals surface area contributed by atoms with Gasteiger partial charge in [0.15, 0.2) is 0 Å². The third kappa shape index (κ3) is 2.50. The van der Waals surface area contributed by atoms with Crippen molar-refractivity contribution in [3.05, 3.63) is 28.8 Å². The number of nitrogens with one attached hydrogen (secondary N) is 1. The molecule has 0 saturated heterocycles. The van der Waals surface area contributed by atoms with Crippen LogP contribution in [0.15, 0.2) is 12.1 Å². The lowest BCUT2D eigenvalue weighted by Gasteiger charge is -2.31. The van der Waals surface area contributed by atoms with E-state index in [-0.39, 0.29) is 17.9 Å². The Labute approximate surface area is 102 Å². The van der Waals surface area contributed by atoms with E-state index in [1.54, 1.807) is 0 Å². The SMILES string of the molecule is Cc1cc(C)c(NC(=O)C2CC(N)C2)cc1C. The van der Waals surface area contributed by atoms with Crippen LogP contribution >= 0.6 is 0 Å². The van der Waals surface area contributed by atoms with Crippen molar-refractivity contribution in [2.24, 2.45) is 11.7 Å². The number of hydrogen-bond donors (Lipinski definition) is 2. The third-order valence-electron chi connectivity index (χ3n) is 3.64. The van der Waals surface area contributed by atoms with Crippen molar-refractivity contribution in [1.29, 1.82) is 0 Å². The zero-order valence-corrected chi connectivity index (χ0v) is 10.7. The highest BCUT2D eigenvalue weighted by Gasteiger charge is 2.32. The Balaban J connectivity index is 2.08. The number of hydrogen-bond acceptors (Lipinski definition) is 2. The first-order chi connectivity index (χ1) is 7.97. The molecule has 1 amide bonds. The van der Waals surface area contributed by atoms with Gasteiger partial charge in [0.05, 0.1) is 0 Å². The molecule has 1 aromatic carbocycles. The Kier molecular flexibility index (Phi) is 3.20. The van der Waals surface area contributed by atoms with Crippen LogP contribution in [-0.4, -0.2) is 11.9 Å². The van der Waals surface area contributed by atoms with Gasteiger partial charge in [-0.15, -0.1) is 0 Å². The minimum atomic E-state index is 0.103. The number of nitrogens with two attached hydrogens (primary N) is 1. The van der Waals surface area contributed by atoms with Gasteiger partial charge in [-0.05, 0) is 56.4 Å². The number of rotatable bonds is 2. The number of carbonyl (C=O) groups is 1. The topological polar surface area (TPSA) is 55.1 Å². The van der Waals surface area contributed by atoms with Gasteiger partial charge in [-0.25, -0.2) is 0 Å². The zero-order chi connectivity index (χ0) is 12.6. The molecule has 1 aromatic rings. The van der Waals surface area contributed by atoms with Crippen LogP contribution in [0.25, 0.3) is 0 Å². The Morgan fingerprint density at radius 3 is 2.35 bits per heavy atom. The number of carbonyl (C=O) groups excluding carboxylic acids is 1. The Morgan fingerprint density at radius 2 is 1.76 bits per heavy atom. The van der Waals surface area contributed by atoms with Crippen molar-refractivity contribution in [3.8, 4) is 0 Å². The van der Waals surface area contributed by atoms with E-state index in [4.69, 9.17) is 5.73 Å². The van der Waals surface area contributed by atoms with Gasteiger partial charge in [-0.1, -0.05) is 6.07 Å². The summed E-state index contributed by atoms with van der Waals surface area (Å²) < 4.78 is 0. The summed E-state index contributed by atoms with van der Waals surface area (Å²) in [5.74, 6) is 0.212. The molecule has 0 heterocycles. The average Bonchev–Trinajstić information content (AvgIpc) is 2.21. The Morgan fingerprint density at radius 1 is 1.18 bits per heavy atom. The lowest BCUT2D eigenvalue weighted by Crippen LogP contribution is -2.42. The molecule has 2 rings (SSSR count). The lowest BCUT2D eigenvalue weighted by molar-refractivity contribution is -0.122. The molecule has 1 fully saturated rings. The van der Waals surface area contributed by atoms with Crippen LogP contribution in [0.2, 0.25) is 0 Å². The molecule has 0 aliphatic heterocycles. The third-order valence-corrected chi connectivity index (χ3v) is 3.64. The number of aryl methyl sites for hydroxylation is 3. The van der Waals surface area contributed by atoms with Gasteiger partial charge in [0, 0.05) is 17.6 Å². The summed E-state index contributed by atoms with van der Waals surface area (Å²) in [4.78, 5) is 11.9. The van der Waals surface area contributed by atoms with Crippen molar-refractivity contribution in [1.82, 2.24) is 0 Å². The monoisotopic (exact) mass is 232 g/mol. The Bertz CT molecular complexity index is 448. The van der Waals surface area contributed by atoms with Crippen molar-refractivity contribution in [3.63, 3.8) is 0 Å². The first-order valence-electron chi connectivity index (χ1n) is 6.11. The van der Waals surface area contributed by atoms with Crippen LogP contribution in [0.1, 0.15) is 29.5 Å². The fourth-order valence-electron chi connectivity index (χ4n) is 2.21. The van der Waals surface area contributed by atoms with E-state index in [2.05, 4.69) is 25.2 Å².